The van der Waals surface area contributed by atoms with E-state index in [1.54, 1.807) is 17.4 Å². The van der Waals surface area contributed by atoms with Crippen molar-refractivity contribution >= 4 is 55.7 Å². The molecular formula is C20H18FN5O2S3. The minimum Gasteiger partial charge on any atom is -0.376 e. The Morgan fingerprint density at radius 1 is 1.35 bits per heavy atom. The largest absolute Gasteiger partial charge is 0.376 e. The molecule has 0 spiro atoms. The number of hydrogen-bond acceptors (Lipinski definition) is 8. The smallest absolute Gasteiger partial charge is 0.236 e. The highest BCUT2D eigenvalue weighted by atomic mass is 32.2. The lowest BCUT2D eigenvalue weighted by Crippen LogP contribution is -2.18. The quantitative estimate of drug-likeness (QED) is 0.391. The van der Waals surface area contributed by atoms with Gasteiger partial charge in [-0.05, 0) is 42.5 Å². The number of aromatic nitrogens is 4. The van der Waals surface area contributed by atoms with Gasteiger partial charge in [0.1, 0.15) is 5.82 Å². The zero-order valence-electron chi connectivity index (χ0n) is 16.3. The molecular weight excluding hydrogens is 457 g/mol. The van der Waals surface area contributed by atoms with Gasteiger partial charge < -0.3 is 10.1 Å². The summed E-state index contributed by atoms with van der Waals surface area (Å²) in [4.78, 5) is 17.9. The molecule has 1 saturated heterocycles. The number of carbonyl (C=O) groups excluding carboxylic acids is 1. The highest BCUT2D eigenvalue weighted by Gasteiger charge is 2.22. The maximum absolute atomic E-state index is 13.4. The number of thiophene rings is 1. The topological polar surface area (TPSA) is 81.9 Å². The van der Waals surface area contributed by atoms with Crippen LogP contribution in [0.15, 0.2) is 40.9 Å². The number of hydrogen-bond donors (Lipinski definition) is 1. The van der Waals surface area contributed by atoms with E-state index in [-0.39, 0.29) is 23.6 Å². The van der Waals surface area contributed by atoms with E-state index in [0.717, 1.165) is 30.2 Å². The molecule has 1 atom stereocenters. The third-order valence-corrected chi connectivity index (χ3v) is 7.56. The van der Waals surface area contributed by atoms with Crippen LogP contribution in [0.4, 0.5) is 9.52 Å². The SMILES string of the molecule is O=C(CSc1nnc(-c2cccs2)n1C[C@H]1CCCO1)Nc1nc2ccc(F)cc2s1. The van der Waals surface area contributed by atoms with Crippen LogP contribution in [0, 0.1) is 5.82 Å². The van der Waals surface area contributed by atoms with Crippen molar-refractivity contribution in [3.8, 4) is 10.7 Å². The minimum atomic E-state index is -0.322. The van der Waals surface area contributed by atoms with Gasteiger partial charge in [-0.1, -0.05) is 29.2 Å². The van der Waals surface area contributed by atoms with Gasteiger partial charge in [0.2, 0.25) is 5.91 Å². The Labute approximate surface area is 189 Å². The molecule has 0 bridgehead atoms. The number of rotatable bonds is 7. The Morgan fingerprint density at radius 2 is 2.29 bits per heavy atom. The molecule has 160 valence electrons. The summed E-state index contributed by atoms with van der Waals surface area (Å²) in [6.45, 7) is 1.44. The summed E-state index contributed by atoms with van der Waals surface area (Å²) in [6, 6.07) is 8.37. The van der Waals surface area contributed by atoms with E-state index in [4.69, 9.17) is 4.74 Å². The number of thioether (sulfide) groups is 1. The van der Waals surface area contributed by atoms with Crippen molar-refractivity contribution < 1.29 is 13.9 Å². The number of anilines is 1. The second-order valence-electron chi connectivity index (χ2n) is 7.00. The molecule has 1 N–H and O–H groups in total. The van der Waals surface area contributed by atoms with Gasteiger partial charge in [-0.3, -0.25) is 9.36 Å². The first-order valence-electron chi connectivity index (χ1n) is 9.73. The fourth-order valence-corrected chi connectivity index (χ4v) is 5.75. The van der Waals surface area contributed by atoms with Crippen LogP contribution in [0.1, 0.15) is 12.8 Å². The normalized spacial score (nSPS) is 16.2. The second kappa shape index (κ2) is 9.03. The number of carbonyl (C=O) groups is 1. The maximum atomic E-state index is 13.4. The third kappa shape index (κ3) is 4.64. The number of halogens is 1. The summed E-state index contributed by atoms with van der Waals surface area (Å²) in [5, 5.41) is 14.6. The van der Waals surface area contributed by atoms with Crippen LogP contribution >= 0.6 is 34.4 Å². The van der Waals surface area contributed by atoms with Gasteiger partial charge in [0.05, 0.1) is 33.5 Å². The van der Waals surface area contributed by atoms with Crippen LogP contribution in [-0.4, -0.2) is 44.1 Å². The van der Waals surface area contributed by atoms with Crippen molar-refractivity contribution in [2.24, 2.45) is 0 Å². The second-order valence-corrected chi connectivity index (χ2v) is 9.92. The Balaban J connectivity index is 1.29. The molecule has 0 radical (unpaired) electrons. The fourth-order valence-electron chi connectivity index (χ4n) is 3.38. The molecule has 5 rings (SSSR count). The summed E-state index contributed by atoms with van der Waals surface area (Å²) in [5.41, 5.74) is 0.659. The summed E-state index contributed by atoms with van der Waals surface area (Å²) < 4.78 is 21.9. The summed E-state index contributed by atoms with van der Waals surface area (Å²) >= 11 is 4.18. The summed E-state index contributed by atoms with van der Waals surface area (Å²) in [6.07, 6.45) is 2.19. The predicted molar refractivity (Wildman–Crippen MR) is 121 cm³/mol. The van der Waals surface area contributed by atoms with Gasteiger partial charge in [0.15, 0.2) is 16.1 Å². The van der Waals surface area contributed by atoms with E-state index in [2.05, 4.69) is 20.5 Å². The van der Waals surface area contributed by atoms with Crippen LogP contribution in [0.5, 0.6) is 0 Å². The van der Waals surface area contributed by atoms with E-state index >= 15 is 0 Å². The number of fused-ring (bicyclic) bond motifs is 1. The molecule has 1 aromatic carbocycles. The lowest BCUT2D eigenvalue weighted by atomic mass is 10.2. The van der Waals surface area contributed by atoms with Crippen molar-refractivity contribution in [1.29, 1.82) is 0 Å². The van der Waals surface area contributed by atoms with Crippen LogP contribution in [-0.2, 0) is 16.1 Å². The maximum Gasteiger partial charge on any atom is 0.236 e. The monoisotopic (exact) mass is 475 g/mol. The molecule has 31 heavy (non-hydrogen) atoms. The van der Waals surface area contributed by atoms with Crippen LogP contribution in [0.25, 0.3) is 20.9 Å². The average Bonchev–Trinajstić information content (AvgIpc) is 3.54. The number of amides is 1. The molecule has 4 aromatic rings. The molecule has 1 amide bonds. The molecule has 7 nitrogen and oxygen atoms in total. The first-order valence-corrected chi connectivity index (χ1v) is 12.4. The third-order valence-electron chi connectivity index (χ3n) is 4.80. The number of thiazole rings is 1. The minimum absolute atomic E-state index is 0.131. The first kappa shape index (κ1) is 20.6. The van der Waals surface area contributed by atoms with Gasteiger partial charge in [-0.15, -0.1) is 21.5 Å². The molecule has 1 aliphatic heterocycles. The van der Waals surface area contributed by atoms with Crippen molar-refractivity contribution in [2.45, 2.75) is 30.6 Å². The highest BCUT2D eigenvalue weighted by molar-refractivity contribution is 7.99. The highest BCUT2D eigenvalue weighted by Crippen LogP contribution is 2.30. The molecule has 0 unspecified atom stereocenters. The zero-order valence-corrected chi connectivity index (χ0v) is 18.7. The number of ether oxygens (including phenoxy) is 1. The van der Waals surface area contributed by atoms with Crippen molar-refractivity contribution in [2.75, 3.05) is 17.7 Å². The zero-order chi connectivity index (χ0) is 21.2. The molecule has 0 aliphatic carbocycles. The fraction of sp³-hybridized carbons (Fsp3) is 0.300. The van der Waals surface area contributed by atoms with E-state index in [1.165, 1.54) is 35.2 Å². The van der Waals surface area contributed by atoms with Gasteiger partial charge >= 0.3 is 0 Å². The van der Waals surface area contributed by atoms with Crippen LogP contribution in [0.3, 0.4) is 0 Å². The molecule has 3 aromatic heterocycles. The Morgan fingerprint density at radius 3 is 3.10 bits per heavy atom. The Kier molecular flexibility index (Phi) is 5.99. The van der Waals surface area contributed by atoms with Gasteiger partial charge in [0.25, 0.3) is 0 Å². The van der Waals surface area contributed by atoms with Crippen molar-refractivity contribution in [3.63, 3.8) is 0 Å². The molecule has 1 fully saturated rings. The van der Waals surface area contributed by atoms with E-state index < -0.39 is 0 Å². The van der Waals surface area contributed by atoms with Crippen LogP contribution < -0.4 is 5.32 Å². The van der Waals surface area contributed by atoms with Gasteiger partial charge in [-0.25, -0.2) is 9.37 Å². The van der Waals surface area contributed by atoms with Gasteiger partial charge in [-0.2, -0.15) is 0 Å². The molecule has 0 saturated carbocycles. The summed E-state index contributed by atoms with van der Waals surface area (Å²) in [7, 11) is 0. The predicted octanol–water partition coefficient (Wildman–Crippen LogP) is 4.67. The first-order chi connectivity index (χ1) is 15.2. The lowest BCUT2D eigenvalue weighted by molar-refractivity contribution is -0.113. The summed E-state index contributed by atoms with van der Waals surface area (Å²) in [5.74, 6) is 0.436. The van der Waals surface area contributed by atoms with Gasteiger partial charge in [0, 0.05) is 6.61 Å². The van der Waals surface area contributed by atoms with E-state index in [9.17, 15) is 9.18 Å². The van der Waals surface area contributed by atoms with E-state index in [0.29, 0.717) is 27.0 Å². The van der Waals surface area contributed by atoms with E-state index in [1.807, 2.05) is 22.1 Å². The molecule has 4 heterocycles. The number of nitrogens with zero attached hydrogens (tertiary/aromatic N) is 4. The molecule has 11 heteroatoms. The Hall–Kier alpha value is -2.34. The molecule has 1 aliphatic rings. The number of benzene rings is 1. The van der Waals surface area contributed by atoms with Crippen molar-refractivity contribution in [1.82, 2.24) is 19.7 Å². The average molecular weight is 476 g/mol. The Bertz CT molecular complexity index is 1200. The van der Waals surface area contributed by atoms with Crippen LogP contribution in [0.2, 0.25) is 0 Å². The number of nitrogens with one attached hydrogen (secondary N) is 1. The lowest BCUT2D eigenvalue weighted by Gasteiger charge is -2.14. The van der Waals surface area contributed by atoms with Crippen molar-refractivity contribution in [3.05, 3.63) is 41.5 Å². The standard InChI is InChI=1S/C20H18FN5O2S3/c21-12-5-6-14-16(9-12)31-19(22-14)23-17(27)11-30-20-25-24-18(15-4-2-8-29-15)26(20)10-13-3-1-7-28-13/h2,4-6,8-9,13H,1,3,7,10-11H2,(H,22,23,27)/t13-/m1/s1.